The monoisotopic (exact) mass is 190 g/mol. The summed E-state index contributed by atoms with van der Waals surface area (Å²) < 4.78 is 5.07. The van der Waals surface area contributed by atoms with Crippen LogP contribution in [0.3, 0.4) is 0 Å². The summed E-state index contributed by atoms with van der Waals surface area (Å²) in [6.45, 7) is 5.89. The average molecular weight is 190 g/mol. The van der Waals surface area contributed by atoms with Crippen LogP contribution in [0, 0.1) is 0 Å². The van der Waals surface area contributed by atoms with Gasteiger partial charge in [-0.3, -0.25) is 4.79 Å². The van der Waals surface area contributed by atoms with E-state index in [4.69, 9.17) is 4.74 Å². The molecule has 0 aliphatic rings. The van der Waals surface area contributed by atoms with Crippen molar-refractivity contribution in [1.29, 1.82) is 0 Å². The lowest BCUT2D eigenvalue weighted by Gasteiger charge is -2.11. The van der Waals surface area contributed by atoms with Crippen LogP contribution in [0.2, 0.25) is 0 Å². The number of thioether (sulfide) groups is 1. The van der Waals surface area contributed by atoms with E-state index in [1.54, 1.807) is 11.8 Å². The van der Waals surface area contributed by atoms with Crippen molar-refractivity contribution < 1.29 is 9.53 Å². The summed E-state index contributed by atoms with van der Waals surface area (Å²) in [4.78, 5) is 10.8. The zero-order valence-corrected chi connectivity index (χ0v) is 8.95. The maximum absolute atomic E-state index is 10.8. The summed E-state index contributed by atoms with van der Waals surface area (Å²) in [6, 6.07) is 0. The van der Waals surface area contributed by atoms with Gasteiger partial charge in [0.15, 0.2) is 0 Å². The third-order valence-electron chi connectivity index (χ3n) is 1.44. The van der Waals surface area contributed by atoms with Gasteiger partial charge in [0, 0.05) is 6.42 Å². The quantitative estimate of drug-likeness (QED) is 0.366. The van der Waals surface area contributed by atoms with E-state index >= 15 is 0 Å². The molecule has 1 atom stereocenters. The van der Waals surface area contributed by atoms with Gasteiger partial charge in [0.25, 0.3) is 0 Å². The normalized spacial score (nSPS) is 12.6. The van der Waals surface area contributed by atoms with Crippen molar-refractivity contribution in [1.82, 2.24) is 0 Å². The highest BCUT2D eigenvalue weighted by atomic mass is 32.2. The molecule has 0 radical (unpaired) electrons. The van der Waals surface area contributed by atoms with Crippen molar-refractivity contribution in [2.24, 2.45) is 0 Å². The van der Waals surface area contributed by atoms with Crippen LogP contribution in [0.15, 0.2) is 0 Å². The molecule has 0 bridgehead atoms. The third kappa shape index (κ3) is 6.53. The Morgan fingerprint density at radius 3 is 2.67 bits per heavy atom. The number of hydrogen-bond donors (Lipinski definition) is 0. The van der Waals surface area contributed by atoms with Crippen LogP contribution in [0.5, 0.6) is 0 Å². The molecule has 12 heavy (non-hydrogen) atoms. The fraction of sp³-hybridized carbons (Fsp3) is 0.889. The molecule has 0 aliphatic heterocycles. The Morgan fingerprint density at radius 2 is 2.17 bits per heavy atom. The average Bonchev–Trinajstić information content (AvgIpc) is 2.05. The van der Waals surface area contributed by atoms with E-state index in [2.05, 4.69) is 6.92 Å². The Kier molecular flexibility index (Phi) is 7.36. The van der Waals surface area contributed by atoms with Crippen LogP contribution in [0.25, 0.3) is 0 Å². The molecule has 0 aromatic rings. The summed E-state index contributed by atoms with van der Waals surface area (Å²) in [7, 11) is 0. The first-order chi connectivity index (χ1) is 5.70. The SMILES string of the molecule is CCCCSC(C)OC(=O)CC. The fourth-order valence-electron chi connectivity index (χ4n) is 0.696. The van der Waals surface area contributed by atoms with Gasteiger partial charge in [-0.15, -0.1) is 11.8 Å². The Morgan fingerprint density at radius 1 is 1.50 bits per heavy atom. The highest BCUT2D eigenvalue weighted by Crippen LogP contribution is 2.14. The number of unbranched alkanes of at least 4 members (excludes halogenated alkanes) is 1. The molecule has 72 valence electrons. The van der Waals surface area contributed by atoms with Gasteiger partial charge in [-0.1, -0.05) is 20.3 Å². The predicted molar refractivity (Wildman–Crippen MR) is 53.2 cm³/mol. The van der Waals surface area contributed by atoms with Crippen molar-refractivity contribution in [3.05, 3.63) is 0 Å². The molecule has 0 N–H and O–H groups in total. The first kappa shape index (κ1) is 11.8. The number of carbonyl (C=O) groups is 1. The summed E-state index contributed by atoms with van der Waals surface area (Å²) in [5.41, 5.74) is 0.0176. The van der Waals surface area contributed by atoms with Crippen LogP contribution in [0.1, 0.15) is 40.0 Å². The van der Waals surface area contributed by atoms with E-state index in [0.29, 0.717) is 6.42 Å². The molecule has 0 aromatic carbocycles. The van der Waals surface area contributed by atoms with Crippen LogP contribution in [-0.4, -0.2) is 17.2 Å². The summed E-state index contributed by atoms with van der Waals surface area (Å²) in [6.07, 6.45) is 2.86. The molecule has 0 saturated heterocycles. The molecule has 2 nitrogen and oxygen atoms in total. The van der Waals surface area contributed by atoms with E-state index < -0.39 is 0 Å². The third-order valence-corrected chi connectivity index (χ3v) is 2.53. The molecule has 0 fully saturated rings. The van der Waals surface area contributed by atoms with Gasteiger partial charge in [-0.05, 0) is 19.1 Å². The standard InChI is InChI=1S/C9H18O2S/c1-4-6-7-12-8(3)11-9(10)5-2/h8H,4-7H2,1-3H3. The van der Waals surface area contributed by atoms with E-state index in [1.807, 2.05) is 13.8 Å². The van der Waals surface area contributed by atoms with Crippen molar-refractivity contribution in [2.45, 2.75) is 45.5 Å². The zero-order valence-electron chi connectivity index (χ0n) is 8.13. The Bertz CT molecular complexity index is 126. The van der Waals surface area contributed by atoms with Crippen molar-refractivity contribution >= 4 is 17.7 Å². The Balaban J connectivity index is 3.32. The number of hydrogen-bond acceptors (Lipinski definition) is 3. The molecule has 0 amide bonds. The number of ether oxygens (including phenoxy) is 1. The Hall–Kier alpha value is -0.180. The molecule has 0 aliphatic carbocycles. The van der Waals surface area contributed by atoms with Crippen LogP contribution < -0.4 is 0 Å². The van der Waals surface area contributed by atoms with Crippen molar-refractivity contribution in [2.75, 3.05) is 5.75 Å². The summed E-state index contributed by atoms with van der Waals surface area (Å²) in [5.74, 6) is 0.973. The largest absolute Gasteiger partial charge is 0.452 e. The summed E-state index contributed by atoms with van der Waals surface area (Å²) in [5, 5.41) is 0. The summed E-state index contributed by atoms with van der Waals surface area (Å²) >= 11 is 1.70. The lowest BCUT2D eigenvalue weighted by molar-refractivity contribution is -0.144. The second kappa shape index (κ2) is 7.47. The molecule has 1 unspecified atom stereocenters. The fourth-order valence-corrected chi connectivity index (χ4v) is 1.66. The molecular formula is C9H18O2S. The van der Waals surface area contributed by atoms with Crippen LogP contribution in [0.4, 0.5) is 0 Å². The topological polar surface area (TPSA) is 26.3 Å². The second-order valence-electron chi connectivity index (χ2n) is 2.64. The van der Waals surface area contributed by atoms with Gasteiger partial charge in [0.1, 0.15) is 5.44 Å². The first-order valence-corrected chi connectivity index (χ1v) is 5.56. The lowest BCUT2D eigenvalue weighted by atomic mass is 10.4. The van der Waals surface area contributed by atoms with Gasteiger partial charge in [-0.2, -0.15) is 0 Å². The van der Waals surface area contributed by atoms with Gasteiger partial charge < -0.3 is 4.74 Å². The molecular weight excluding hydrogens is 172 g/mol. The predicted octanol–water partition coefficient (Wildman–Crippen LogP) is 2.82. The molecule has 3 heteroatoms. The van der Waals surface area contributed by atoms with Gasteiger partial charge >= 0.3 is 5.97 Å². The van der Waals surface area contributed by atoms with E-state index in [-0.39, 0.29) is 11.4 Å². The number of rotatable bonds is 6. The molecule has 0 saturated carbocycles. The van der Waals surface area contributed by atoms with Gasteiger partial charge in [0.05, 0.1) is 0 Å². The van der Waals surface area contributed by atoms with Crippen LogP contribution in [-0.2, 0) is 9.53 Å². The van der Waals surface area contributed by atoms with Crippen LogP contribution >= 0.6 is 11.8 Å². The van der Waals surface area contributed by atoms with Gasteiger partial charge in [-0.25, -0.2) is 0 Å². The first-order valence-electron chi connectivity index (χ1n) is 4.51. The minimum Gasteiger partial charge on any atom is -0.452 e. The maximum atomic E-state index is 10.8. The minimum absolute atomic E-state index is 0.0176. The number of esters is 1. The highest BCUT2D eigenvalue weighted by Gasteiger charge is 2.06. The smallest absolute Gasteiger partial charge is 0.306 e. The van der Waals surface area contributed by atoms with E-state index in [0.717, 1.165) is 5.75 Å². The number of carbonyl (C=O) groups excluding carboxylic acids is 1. The molecule has 0 aromatic heterocycles. The molecule has 0 heterocycles. The van der Waals surface area contributed by atoms with Crippen molar-refractivity contribution in [3.8, 4) is 0 Å². The Labute approximate surface area is 79.1 Å². The lowest BCUT2D eigenvalue weighted by Crippen LogP contribution is -2.10. The highest BCUT2D eigenvalue weighted by molar-refractivity contribution is 7.99. The minimum atomic E-state index is -0.105. The van der Waals surface area contributed by atoms with E-state index in [1.165, 1.54) is 12.8 Å². The van der Waals surface area contributed by atoms with Crippen molar-refractivity contribution in [3.63, 3.8) is 0 Å². The zero-order chi connectivity index (χ0) is 9.40. The maximum Gasteiger partial charge on any atom is 0.306 e. The molecule has 0 rings (SSSR count). The molecule has 0 spiro atoms. The van der Waals surface area contributed by atoms with E-state index in [9.17, 15) is 4.79 Å². The van der Waals surface area contributed by atoms with Gasteiger partial charge in [0.2, 0.25) is 0 Å². The second-order valence-corrected chi connectivity index (χ2v) is 4.04.